The van der Waals surface area contributed by atoms with E-state index in [1.807, 2.05) is 0 Å². The largest absolute Gasteiger partial charge is 0.335 e. The maximum atomic E-state index is 11.9. The second kappa shape index (κ2) is 5.83. The Balaban J connectivity index is 2.15. The molecule has 1 aliphatic rings. The van der Waals surface area contributed by atoms with Crippen LogP contribution in [0.3, 0.4) is 0 Å². The number of ketones is 1. The molecule has 0 aromatic heterocycles. The van der Waals surface area contributed by atoms with Gasteiger partial charge in [-0.05, 0) is 30.8 Å². The van der Waals surface area contributed by atoms with Crippen LogP contribution in [-0.2, 0) is 9.59 Å². The molecule has 2 amide bonds. The van der Waals surface area contributed by atoms with E-state index >= 15 is 0 Å². The van der Waals surface area contributed by atoms with E-state index in [4.69, 9.17) is 5.73 Å². The van der Waals surface area contributed by atoms with Crippen LogP contribution in [0.25, 0.3) is 0 Å². The fraction of sp³-hybridized carbons (Fsp3) is 0.357. The first-order chi connectivity index (χ1) is 9.52. The minimum Gasteiger partial charge on any atom is -0.335 e. The zero-order valence-electron chi connectivity index (χ0n) is 11.3. The molecule has 0 radical (unpaired) electrons. The predicted octanol–water partition coefficient (Wildman–Crippen LogP) is 0.0231. The van der Waals surface area contributed by atoms with Crippen LogP contribution in [-0.4, -0.2) is 49.2 Å². The van der Waals surface area contributed by atoms with Gasteiger partial charge in [0, 0.05) is 24.7 Å². The van der Waals surface area contributed by atoms with Crippen molar-refractivity contribution in [2.24, 2.45) is 5.73 Å². The Labute approximate surface area is 117 Å². The van der Waals surface area contributed by atoms with Crippen molar-refractivity contribution in [2.45, 2.75) is 6.42 Å². The summed E-state index contributed by atoms with van der Waals surface area (Å²) in [5.74, 6) is -0.263. The number of hydrogen-bond acceptors (Lipinski definition) is 4. The van der Waals surface area contributed by atoms with Gasteiger partial charge < -0.3 is 15.5 Å². The molecule has 0 atom stereocenters. The molecule has 1 aromatic rings. The molecule has 0 spiro atoms. The van der Waals surface area contributed by atoms with Crippen molar-refractivity contribution in [1.29, 1.82) is 0 Å². The average Bonchev–Trinajstić information content (AvgIpc) is 2.43. The molecule has 1 fully saturated rings. The van der Waals surface area contributed by atoms with Gasteiger partial charge in [-0.3, -0.25) is 14.4 Å². The quantitative estimate of drug-likeness (QED) is 0.785. The number of carbonyl (C=O) groups excluding carboxylic acids is 3. The highest BCUT2D eigenvalue weighted by Gasteiger charge is 2.28. The predicted molar refractivity (Wildman–Crippen MR) is 74.4 cm³/mol. The Morgan fingerprint density at radius 1 is 1.15 bits per heavy atom. The number of hydrogen-bond donors (Lipinski definition) is 1. The van der Waals surface area contributed by atoms with E-state index in [2.05, 4.69) is 0 Å². The lowest BCUT2D eigenvalue weighted by molar-refractivity contribution is -0.136. The molecule has 106 valence electrons. The third-order valence-corrected chi connectivity index (χ3v) is 3.26. The number of Topliss-reactive ketones (excluding diaryl/α,β-unsaturated/α-hetero) is 1. The van der Waals surface area contributed by atoms with Crippen molar-refractivity contribution in [3.8, 4) is 0 Å². The Morgan fingerprint density at radius 3 is 2.40 bits per heavy atom. The van der Waals surface area contributed by atoms with Gasteiger partial charge in [0.05, 0.1) is 6.54 Å². The molecule has 2 rings (SSSR count). The van der Waals surface area contributed by atoms with Crippen LogP contribution in [0.4, 0.5) is 5.69 Å². The van der Waals surface area contributed by atoms with Gasteiger partial charge in [0.25, 0.3) is 0 Å². The molecule has 0 saturated carbocycles. The van der Waals surface area contributed by atoms with Crippen LogP contribution in [0.5, 0.6) is 0 Å². The van der Waals surface area contributed by atoms with Crippen molar-refractivity contribution in [2.75, 3.05) is 31.6 Å². The summed E-state index contributed by atoms with van der Waals surface area (Å²) in [4.78, 5) is 38.1. The monoisotopic (exact) mass is 275 g/mol. The lowest BCUT2D eigenvalue weighted by Gasteiger charge is -2.31. The van der Waals surface area contributed by atoms with Crippen LogP contribution in [0, 0.1) is 0 Å². The molecule has 1 aromatic carbocycles. The normalized spacial score (nSPS) is 15.7. The van der Waals surface area contributed by atoms with Crippen molar-refractivity contribution < 1.29 is 14.4 Å². The number of amides is 2. The highest BCUT2D eigenvalue weighted by Crippen LogP contribution is 2.18. The molecule has 1 aliphatic heterocycles. The van der Waals surface area contributed by atoms with E-state index in [9.17, 15) is 14.4 Å². The first-order valence-electron chi connectivity index (χ1n) is 6.40. The summed E-state index contributed by atoms with van der Waals surface area (Å²) in [6.45, 7) is 0.421. The summed E-state index contributed by atoms with van der Waals surface area (Å²) in [5, 5.41) is 0. The number of anilines is 1. The zero-order valence-corrected chi connectivity index (χ0v) is 11.3. The van der Waals surface area contributed by atoms with Gasteiger partial charge in [-0.15, -0.1) is 0 Å². The third kappa shape index (κ3) is 2.85. The molecule has 6 heteroatoms. The van der Waals surface area contributed by atoms with Crippen molar-refractivity contribution >= 4 is 23.3 Å². The summed E-state index contributed by atoms with van der Waals surface area (Å²) in [6, 6.07) is 6.67. The van der Waals surface area contributed by atoms with Crippen molar-refractivity contribution in [3.05, 3.63) is 29.8 Å². The van der Waals surface area contributed by atoms with E-state index in [0.717, 1.165) is 0 Å². The second-order valence-corrected chi connectivity index (χ2v) is 4.74. The van der Waals surface area contributed by atoms with Gasteiger partial charge in [0.1, 0.15) is 6.54 Å². The molecule has 2 N–H and O–H groups in total. The van der Waals surface area contributed by atoms with Gasteiger partial charge in [0.2, 0.25) is 11.8 Å². The van der Waals surface area contributed by atoms with Crippen molar-refractivity contribution in [1.82, 2.24) is 4.90 Å². The van der Waals surface area contributed by atoms with Gasteiger partial charge >= 0.3 is 0 Å². The fourth-order valence-electron chi connectivity index (χ4n) is 2.06. The lowest BCUT2D eigenvalue weighted by atomic mass is 10.1. The Hall–Kier alpha value is -2.21. The molecule has 1 saturated heterocycles. The summed E-state index contributed by atoms with van der Waals surface area (Å²) < 4.78 is 0. The average molecular weight is 275 g/mol. The Bertz CT molecular complexity index is 539. The van der Waals surface area contributed by atoms with Crippen LogP contribution < -0.4 is 10.6 Å². The Kier molecular flexibility index (Phi) is 4.14. The highest BCUT2D eigenvalue weighted by molar-refractivity contribution is 6.04. The maximum Gasteiger partial charge on any atom is 0.247 e. The van der Waals surface area contributed by atoms with Crippen LogP contribution in [0.2, 0.25) is 0 Å². The first kappa shape index (κ1) is 14.2. The number of nitrogens with two attached hydrogens (primary N) is 1. The minimum absolute atomic E-state index is 0.0279. The van der Waals surface area contributed by atoms with Crippen LogP contribution in [0.15, 0.2) is 24.3 Å². The smallest absolute Gasteiger partial charge is 0.247 e. The summed E-state index contributed by atoms with van der Waals surface area (Å²) in [5.41, 5.74) is 6.53. The lowest BCUT2D eigenvalue weighted by Crippen LogP contribution is -2.52. The molecule has 20 heavy (non-hydrogen) atoms. The first-order valence-corrected chi connectivity index (χ1v) is 6.40. The number of piperazine rings is 1. The third-order valence-electron chi connectivity index (χ3n) is 3.26. The fourth-order valence-corrected chi connectivity index (χ4v) is 2.06. The number of carbonyl (C=O) groups is 3. The summed E-state index contributed by atoms with van der Waals surface area (Å²) in [6.07, 6.45) is 0.297. The van der Waals surface area contributed by atoms with E-state index in [0.29, 0.717) is 24.2 Å². The second-order valence-electron chi connectivity index (χ2n) is 4.74. The summed E-state index contributed by atoms with van der Waals surface area (Å²) >= 11 is 0. The van der Waals surface area contributed by atoms with E-state index < -0.39 is 0 Å². The van der Waals surface area contributed by atoms with E-state index in [1.165, 1.54) is 9.80 Å². The van der Waals surface area contributed by atoms with E-state index in [-0.39, 0.29) is 30.7 Å². The Morgan fingerprint density at radius 2 is 1.80 bits per heavy atom. The van der Waals surface area contributed by atoms with Gasteiger partial charge in [-0.25, -0.2) is 0 Å². The van der Waals surface area contributed by atoms with E-state index in [1.54, 1.807) is 31.3 Å². The van der Waals surface area contributed by atoms with Gasteiger partial charge in [-0.1, -0.05) is 0 Å². The summed E-state index contributed by atoms with van der Waals surface area (Å²) in [7, 11) is 1.60. The highest BCUT2D eigenvalue weighted by atomic mass is 16.2. The molecule has 0 unspecified atom stereocenters. The minimum atomic E-state index is -0.131. The molecular formula is C14H17N3O3. The van der Waals surface area contributed by atoms with Crippen LogP contribution in [0.1, 0.15) is 16.8 Å². The number of likely N-dealkylation sites (N-methyl/N-ethyl adjacent to an activating group) is 1. The standard InChI is InChI=1S/C14H17N3O3/c1-16-8-14(20)17(9-13(16)19)11-4-2-10(3-5-11)12(18)6-7-15/h2-5H,6-9,15H2,1H3. The zero-order chi connectivity index (χ0) is 14.7. The number of benzene rings is 1. The molecule has 6 nitrogen and oxygen atoms in total. The number of rotatable bonds is 4. The molecular weight excluding hydrogens is 258 g/mol. The molecule has 0 aliphatic carbocycles. The molecule has 0 bridgehead atoms. The van der Waals surface area contributed by atoms with Gasteiger partial charge in [0.15, 0.2) is 5.78 Å². The number of nitrogens with zero attached hydrogens (tertiary/aromatic N) is 2. The molecule has 1 heterocycles. The topological polar surface area (TPSA) is 83.7 Å². The van der Waals surface area contributed by atoms with Crippen molar-refractivity contribution in [3.63, 3.8) is 0 Å². The maximum absolute atomic E-state index is 11.9. The van der Waals surface area contributed by atoms with Crippen LogP contribution >= 0.6 is 0 Å². The SMILES string of the molecule is CN1CC(=O)N(c2ccc(C(=O)CCN)cc2)CC1=O. The van der Waals surface area contributed by atoms with Gasteiger partial charge in [-0.2, -0.15) is 0 Å².